The summed E-state index contributed by atoms with van der Waals surface area (Å²) in [4.78, 5) is 21.2. The van der Waals surface area contributed by atoms with Gasteiger partial charge in [0.2, 0.25) is 5.95 Å². The minimum Gasteiger partial charge on any atom is -0.350 e. The van der Waals surface area contributed by atoms with Gasteiger partial charge in [-0.05, 0) is 49.6 Å². The molecule has 2 N–H and O–H groups in total. The lowest BCUT2D eigenvalue weighted by atomic mass is 10.1. The molecular weight excluding hydrogens is 372 g/mol. The molecular formula is C22H23ClN4O. The van der Waals surface area contributed by atoms with E-state index >= 15 is 0 Å². The lowest BCUT2D eigenvalue weighted by Crippen LogP contribution is -2.27. The van der Waals surface area contributed by atoms with Crippen LogP contribution in [0, 0.1) is 13.8 Å². The fourth-order valence-corrected chi connectivity index (χ4v) is 2.84. The molecule has 0 saturated heterocycles. The standard InChI is InChI=1S/C22H23ClN4O/c1-15-3-5-18(6-4-15)14-25-22-26-16(2)13-20(27-22)21(28)24-12-11-17-7-9-19(23)10-8-17/h3-10,13H,11-12,14H2,1-2H3,(H,24,28)(H,25,26,27). The number of aromatic nitrogens is 2. The maximum absolute atomic E-state index is 12.5. The third kappa shape index (κ3) is 5.79. The van der Waals surface area contributed by atoms with E-state index in [2.05, 4.69) is 51.8 Å². The Labute approximate surface area is 170 Å². The Morgan fingerprint density at radius 3 is 2.36 bits per heavy atom. The van der Waals surface area contributed by atoms with Crippen LogP contribution in [0.4, 0.5) is 5.95 Å². The zero-order valence-electron chi connectivity index (χ0n) is 16.0. The van der Waals surface area contributed by atoms with Gasteiger partial charge in [0, 0.05) is 23.8 Å². The topological polar surface area (TPSA) is 66.9 Å². The van der Waals surface area contributed by atoms with Crippen molar-refractivity contribution in [3.63, 3.8) is 0 Å². The normalized spacial score (nSPS) is 10.5. The third-order valence-corrected chi connectivity index (χ3v) is 4.52. The van der Waals surface area contributed by atoms with Gasteiger partial charge in [0.05, 0.1) is 0 Å². The number of nitrogens with zero attached hydrogens (tertiary/aromatic N) is 2. The van der Waals surface area contributed by atoms with Gasteiger partial charge in [0.25, 0.3) is 5.91 Å². The molecule has 0 bridgehead atoms. The smallest absolute Gasteiger partial charge is 0.270 e. The number of benzene rings is 2. The van der Waals surface area contributed by atoms with Gasteiger partial charge in [-0.25, -0.2) is 9.97 Å². The Morgan fingerprint density at radius 1 is 0.964 bits per heavy atom. The second-order valence-corrected chi connectivity index (χ2v) is 7.13. The van der Waals surface area contributed by atoms with Gasteiger partial charge < -0.3 is 10.6 Å². The van der Waals surface area contributed by atoms with E-state index in [0.717, 1.165) is 23.2 Å². The molecule has 0 saturated carbocycles. The minimum atomic E-state index is -0.210. The highest BCUT2D eigenvalue weighted by Gasteiger charge is 2.10. The Hall–Kier alpha value is -2.92. The van der Waals surface area contributed by atoms with Crippen LogP contribution >= 0.6 is 11.6 Å². The Bertz CT molecular complexity index is 940. The van der Waals surface area contributed by atoms with Crippen LogP contribution in [0.1, 0.15) is 32.9 Å². The molecule has 0 unspecified atom stereocenters. The summed E-state index contributed by atoms with van der Waals surface area (Å²) in [5.41, 5.74) is 4.56. The van der Waals surface area contributed by atoms with Crippen molar-refractivity contribution in [2.75, 3.05) is 11.9 Å². The van der Waals surface area contributed by atoms with Gasteiger partial charge in [-0.1, -0.05) is 53.6 Å². The molecule has 6 heteroatoms. The van der Waals surface area contributed by atoms with Crippen LogP contribution in [0.3, 0.4) is 0 Å². The molecule has 0 aliphatic carbocycles. The van der Waals surface area contributed by atoms with Gasteiger partial charge in [0.15, 0.2) is 0 Å². The second-order valence-electron chi connectivity index (χ2n) is 6.69. The molecule has 144 valence electrons. The van der Waals surface area contributed by atoms with Crippen LogP contribution in [0.2, 0.25) is 5.02 Å². The number of amides is 1. The first-order valence-electron chi connectivity index (χ1n) is 9.17. The predicted molar refractivity (Wildman–Crippen MR) is 113 cm³/mol. The van der Waals surface area contributed by atoms with Gasteiger partial charge in [-0.3, -0.25) is 4.79 Å². The number of carbonyl (C=O) groups excluding carboxylic acids is 1. The first-order valence-corrected chi connectivity index (χ1v) is 9.55. The molecule has 2 aromatic carbocycles. The Kier molecular flexibility index (Phi) is 6.61. The van der Waals surface area contributed by atoms with Crippen molar-refractivity contribution in [3.05, 3.63) is 87.7 Å². The largest absolute Gasteiger partial charge is 0.350 e. The number of nitrogens with one attached hydrogen (secondary N) is 2. The highest BCUT2D eigenvalue weighted by atomic mass is 35.5. The fourth-order valence-electron chi connectivity index (χ4n) is 2.71. The zero-order chi connectivity index (χ0) is 19.9. The monoisotopic (exact) mass is 394 g/mol. The Balaban J connectivity index is 1.57. The van der Waals surface area contributed by atoms with Crippen molar-refractivity contribution in [1.29, 1.82) is 0 Å². The maximum atomic E-state index is 12.5. The summed E-state index contributed by atoms with van der Waals surface area (Å²) in [6, 6.07) is 17.5. The van der Waals surface area contributed by atoms with Crippen molar-refractivity contribution >= 4 is 23.5 Å². The molecule has 0 spiro atoms. The van der Waals surface area contributed by atoms with Crippen LogP contribution < -0.4 is 10.6 Å². The Morgan fingerprint density at radius 2 is 1.64 bits per heavy atom. The van der Waals surface area contributed by atoms with Gasteiger partial charge in [0.1, 0.15) is 5.69 Å². The average molecular weight is 395 g/mol. The van der Waals surface area contributed by atoms with Crippen LogP contribution in [0.15, 0.2) is 54.6 Å². The molecule has 0 fully saturated rings. The number of anilines is 1. The molecule has 1 amide bonds. The van der Waals surface area contributed by atoms with Crippen molar-refractivity contribution in [2.45, 2.75) is 26.8 Å². The van der Waals surface area contributed by atoms with Crippen LogP contribution in [-0.4, -0.2) is 22.4 Å². The predicted octanol–water partition coefficient (Wildman–Crippen LogP) is 4.33. The summed E-state index contributed by atoms with van der Waals surface area (Å²) in [5.74, 6) is 0.237. The molecule has 0 radical (unpaired) electrons. The first kappa shape index (κ1) is 19.8. The molecule has 1 heterocycles. The zero-order valence-corrected chi connectivity index (χ0v) is 16.8. The van der Waals surface area contributed by atoms with E-state index in [1.807, 2.05) is 31.2 Å². The van der Waals surface area contributed by atoms with Crippen LogP contribution in [0.25, 0.3) is 0 Å². The van der Waals surface area contributed by atoms with Crippen molar-refractivity contribution in [2.24, 2.45) is 0 Å². The number of halogens is 1. The summed E-state index contributed by atoms with van der Waals surface area (Å²) in [5, 5.41) is 6.80. The summed E-state index contributed by atoms with van der Waals surface area (Å²) in [6.45, 7) is 5.03. The van der Waals surface area contributed by atoms with Crippen LogP contribution in [-0.2, 0) is 13.0 Å². The van der Waals surface area contributed by atoms with E-state index in [1.54, 1.807) is 6.07 Å². The first-order chi connectivity index (χ1) is 13.5. The summed E-state index contributed by atoms with van der Waals surface area (Å²) >= 11 is 5.89. The van der Waals surface area contributed by atoms with E-state index in [9.17, 15) is 4.79 Å². The van der Waals surface area contributed by atoms with Gasteiger partial charge in [-0.15, -0.1) is 0 Å². The van der Waals surface area contributed by atoms with E-state index in [1.165, 1.54) is 5.56 Å². The van der Waals surface area contributed by atoms with Crippen molar-refractivity contribution in [1.82, 2.24) is 15.3 Å². The average Bonchev–Trinajstić information content (AvgIpc) is 2.68. The highest BCUT2D eigenvalue weighted by Crippen LogP contribution is 2.10. The minimum absolute atomic E-state index is 0.210. The van der Waals surface area contributed by atoms with Gasteiger partial charge in [-0.2, -0.15) is 0 Å². The lowest BCUT2D eigenvalue weighted by molar-refractivity contribution is 0.0949. The number of hydrogen-bond donors (Lipinski definition) is 2. The lowest BCUT2D eigenvalue weighted by Gasteiger charge is -2.09. The summed E-state index contributed by atoms with van der Waals surface area (Å²) in [7, 11) is 0. The quantitative estimate of drug-likeness (QED) is 0.625. The molecule has 3 aromatic rings. The van der Waals surface area contributed by atoms with Crippen LogP contribution in [0.5, 0.6) is 0 Å². The summed E-state index contributed by atoms with van der Waals surface area (Å²) in [6.07, 6.45) is 0.728. The molecule has 28 heavy (non-hydrogen) atoms. The van der Waals surface area contributed by atoms with Crippen molar-refractivity contribution < 1.29 is 4.79 Å². The molecule has 1 aromatic heterocycles. The molecule has 0 atom stereocenters. The molecule has 5 nitrogen and oxygen atoms in total. The van der Waals surface area contributed by atoms with E-state index in [0.29, 0.717) is 29.8 Å². The molecule has 0 aliphatic rings. The number of carbonyl (C=O) groups is 1. The number of rotatable bonds is 7. The molecule has 0 aliphatic heterocycles. The van der Waals surface area contributed by atoms with Gasteiger partial charge >= 0.3 is 0 Å². The van der Waals surface area contributed by atoms with E-state index < -0.39 is 0 Å². The summed E-state index contributed by atoms with van der Waals surface area (Å²) < 4.78 is 0. The second kappa shape index (κ2) is 9.33. The SMILES string of the molecule is Cc1ccc(CNc2nc(C)cc(C(=O)NCCc3ccc(Cl)cc3)n2)cc1. The maximum Gasteiger partial charge on any atom is 0.270 e. The fraction of sp³-hybridized carbons (Fsp3) is 0.227. The number of hydrogen-bond acceptors (Lipinski definition) is 4. The highest BCUT2D eigenvalue weighted by molar-refractivity contribution is 6.30. The third-order valence-electron chi connectivity index (χ3n) is 4.27. The van der Waals surface area contributed by atoms with E-state index in [-0.39, 0.29) is 5.91 Å². The van der Waals surface area contributed by atoms with Crippen molar-refractivity contribution in [3.8, 4) is 0 Å². The number of aryl methyl sites for hydroxylation is 2. The van der Waals surface area contributed by atoms with E-state index in [4.69, 9.17) is 11.6 Å². The molecule has 3 rings (SSSR count).